The number of aryl methyl sites for hydroxylation is 1. The van der Waals surface area contributed by atoms with Crippen LogP contribution in [0.3, 0.4) is 0 Å². The molecule has 0 saturated carbocycles. The molecule has 1 aromatic heterocycles. The van der Waals surface area contributed by atoms with Crippen LogP contribution in [0.15, 0.2) is 71.1 Å². The molecule has 0 fully saturated rings. The Kier molecular flexibility index (Phi) is 2.40. The molecule has 0 spiro atoms. The lowest BCUT2D eigenvalue weighted by atomic mass is 9.98. The van der Waals surface area contributed by atoms with Crippen LogP contribution in [0.5, 0.6) is 0 Å². The van der Waals surface area contributed by atoms with E-state index in [0.29, 0.717) is 0 Å². The van der Waals surface area contributed by atoms with Crippen molar-refractivity contribution in [2.24, 2.45) is 0 Å². The van der Waals surface area contributed by atoms with Gasteiger partial charge in [-0.05, 0) is 29.7 Å². The van der Waals surface area contributed by atoms with Gasteiger partial charge in [0, 0.05) is 10.8 Å². The van der Waals surface area contributed by atoms with Gasteiger partial charge in [-0.25, -0.2) is 0 Å². The number of benzene rings is 3. The van der Waals surface area contributed by atoms with Gasteiger partial charge in [0.1, 0.15) is 11.2 Å². The van der Waals surface area contributed by atoms with Gasteiger partial charge in [0.2, 0.25) is 0 Å². The number of para-hydroxylation sites is 1. The monoisotopic (exact) mass is 258 g/mol. The van der Waals surface area contributed by atoms with E-state index >= 15 is 0 Å². The SMILES string of the molecule is Cc1ccc(-c2ccccc2)c2c1oc1ccccc12. The van der Waals surface area contributed by atoms with Crippen LogP contribution in [0.4, 0.5) is 0 Å². The summed E-state index contributed by atoms with van der Waals surface area (Å²) in [6.07, 6.45) is 0. The van der Waals surface area contributed by atoms with Gasteiger partial charge in [0.15, 0.2) is 0 Å². The molecule has 0 bridgehead atoms. The van der Waals surface area contributed by atoms with Crippen LogP contribution in [0.2, 0.25) is 0 Å². The number of furan rings is 1. The first kappa shape index (κ1) is 11.3. The second kappa shape index (κ2) is 4.24. The largest absolute Gasteiger partial charge is 0.456 e. The summed E-state index contributed by atoms with van der Waals surface area (Å²) in [5.74, 6) is 0. The molecular weight excluding hydrogens is 244 g/mol. The third-order valence-electron chi connectivity index (χ3n) is 3.81. The fraction of sp³-hybridized carbons (Fsp3) is 0.0526. The minimum absolute atomic E-state index is 0.953. The maximum atomic E-state index is 6.05. The summed E-state index contributed by atoms with van der Waals surface area (Å²) in [5.41, 5.74) is 5.58. The Morgan fingerprint density at radius 3 is 2.35 bits per heavy atom. The summed E-state index contributed by atoms with van der Waals surface area (Å²) >= 11 is 0. The average Bonchev–Trinajstić information content (AvgIpc) is 2.89. The van der Waals surface area contributed by atoms with Crippen LogP contribution in [0.25, 0.3) is 33.1 Å². The van der Waals surface area contributed by atoms with E-state index in [0.717, 1.165) is 11.2 Å². The Hall–Kier alpha value is -2.54. The maximum absolute atomic E-state index is 6.05. The highest BCUT2D eigenvalue weighted by molar-refractivity contribution is 6.13. The predicted octanol–water partition coefficient (Wildman–Crippen LogP) is 5.56. The molecule has 0 aliphatic carbocycles. The highest BCUT2D eigenvalue weighted by Gasteiger charge is 2.13. The molecule has 3 aromatic carbocycles. The second-order valence-electron chi connectivity index (χ2n) is 5.10. The maximum Gasteiger partial charge on any atom is 0.138 e. The Morgan fingerprint density at radius 1 is 0.750 bits per heavy atom. The van der Waals surface area contributed by atoms with Gasteiger partial charge in [0.25, 0.3) is 0 Å². The first-order valence-corrected chi connectivity index (χ1v) is 6.81. The zero-order valence-corrected chi connectivity index (χ0v) is 11.3. The van der Waals surface area contributed by atoms with Crippen molar-refractivity contribution in [2.75, 3.05) is 0 Å². The van der Waals surface area contributed by atoms with Gasteiger partial charge in [-0.2, -0.15) is 0 Å². The normalized spacial score (nSPS) is 11.2. The van der Waals surface area contributed by atoms with Gasteiger partial charge in [0.05, 0.1) is 0 Å². The Balaban J connectivity index is 2.19. The van der Waals surface area contributed by atoms with E-state index in [-0.39, 0.29) is 0 Å². The molecule has 96 valence electrons. The minimum Gasteiger partial charge on any atom is -0.456 e. The van der Waals surface area contributed by atoms with Crippen LogP contribution in [0, 0.1) is 6.92 Å². The van der Waals surface area contributed by atoms with Crippen molar-refractivity contribution in [3.8, 4) is 11.1 Å². The Morgan fingerprint density at radius 2 is 1.50 bits per heavy atom. The number of fused-ring (bicyclic) bond motifs is 3. The number of hydrogen-bond donors (Lipinski definition) is 0. The highest BCUT2D eigenvalue weighted by Crippen LogP contribution is 2.37. The molecule has 20 heavy (non-hydrogen) atoms. The summed E-state index contributed by atoms with van der Waals surface area (Å²) in [6, 6.07) is 23.0. The van der Waals surface area contributed by atoms with Gasteiger partial charge >= 0.3 is 0 Å². The molecule has 4 aromatic rings. The van der Waals surface area contributed by atoms with E-state index in [1.165, 1.54) is 27.5 Å². The smallest absolute Gasteiger partial charge is 0.138 e. The zero-order valence-electron chi connectivity index (χ0n) is 11.3. The summed E-state index contributed by atoms with van der Waals surface area (Å²) in [7, 11) is 0. The van der Waals surface area contributed by atoms with Crippen LogP contribution < -0.4 is 0 Å². The van der Waals surface area contributed by atoms with Crippen molar-refractivity contribution in [1.29, 1.82) is 0 Å². The number of rotatable bonds is 1. The van der Waals surface area contributed by atoms with E-state index in [2.05, 4.69) is 55.5 Å². The van der Waals surface area contributed by atoms with Crippen molar-refractivity contribution < 1.29 is 4.42 Å². The highest BCUT2D eigenvalue weighted by atomic mass is 16.3. The van der Waals surface area contributed by atoms with Gasteiger partial charge in [-0.1, -0.05) is 60.7 Å². The van der Waals surface area contributed by atoms with E-state index in [1.54, 1.807) is 0 Å². The zero-order chi connectivity index (χ0) is 13.5. The quantitative estimate of drug-likeness (QED) is 0.435. The van der Waals surface area contributed by atoms with Crippen molar-refractivity contribution in [1.82, 2.24) is 0 Å². The van der Waals surface area contributed by atoms with Crippen molar-refractivity contribution in [3.63, 3.8) is 0 Å². The summed E-state index contributed by atoms with van der Waals surface area (Å²) in [5, 5.41) is 2.40. The van der Waals surface area contributed by atoms with Crippen LogP contribution in [-0.4, -0.2) is 0 Å². The molecule has 0 amide bonds. The first-order valence-electron chi connectivity index (χ1n) is 6.81. The molecule has 0 atom stereocenters. The average molecular weight is 258 g/mol. The first-order chi connectivity index (χ1) is 9.84. The van der Waals surface area contributed by atoms with E-state index in [4.69, 9.17) is 4.42 Å². The molecule has 1 heterocycles. The lowest BCUT2D eigenvalue weighted by molar-refractivity contribution is 0.666. The summed E-state index contributed by atoms with van der Waals surface area (Å²) in [6.45, 7) is 2.10. The van der Waals surface area contributed by atoms with Crippen LogP contribution in [-0.2, 0) is 0 Å². The molecule has 0 radical (unpaired) electrons. The topological polar surface area (TPSA) is 13.1 Å². The van der Waals surface area contributed by atoms with E-state index < -0.39 is 0 Å². The summed E-state index contributed by atoms with van der Waals surface area (Å²) in [4.78, 5) is 0. The van der Waals surface area contributed by atoms with Crippen molar-refractivity contribution in [3.05, 3.63) is 72.3 Å². The van der Waals surface area contributed by atoms with Crippen LogP contribution >= 0.6 is 0 Å². The lowest BCUT2D eigenvalue weighted by Crippen LogP contribution is -1.81. The molecule has 1 nitrogen and oxygen atoms in total. The minimum atomic E-state index is 0.953. The number of hydrogen-bond acceptors (Lipinski definition) is 1. The molecule has 1 heteroatoms. The Bertz CT molecular complexity index is 901. The van der Waals surface area contributed by atoms with Gasteiger partial charge in [-0.15, -0.1) is 0 Å². The van der Waals surface area contributed by atoms with Crippen molar-refractivity contribution >= 4 is 21.9 Å². The second-order valence-corrected chi connectivity index (χ2v) is 5.10. The van der Waals surface area contributed by atoms with Crippen LogP contribution in [0.1, 0.15) is 5.56 Å². The summed E-state index contributed by atoms with van der Waals surface area (Å²) < 4.78 is 6.05. The van der Waals surface area contributed by atoms with E-state index in [1.807, 2.05) is 18.2 Å². The third kappa shape index (κ3) is 1.56. The molecular formula is C19H14O. The molecule has 0 saturated heterocycles. The van der Waals surface area contributed by atoms with E-state index in [9.17, 15) is 0 Å². The predicted molar refractivity (Wildman–Crippen MR) is 83.9 cm³/mol. The standard InChI is InChI=1S/C19H14O/c1-13-11-12-15(14-7-3-2-4-8-14)18-16-9-5-6-10-17(16)20-19(13)18/h2-12H,1H3. The molecule has 4 rings (SSSR count). The molecule has 0 unspecified atom stereocenters. The van der Waals surface area contributed by atoms with Gasteiger partial charge < -0.3 is 4.42 Å². The lowest BCUT2D eigenvalue weighted by Gasteiger charge is -2.05. The molecule has 0 N–H and O–H groups in total. The Labute approximate surface area is 117 Å². The molecule has 0 aliphatic rings. The fourth-order valence-corrected chi connectivity index (χ4v) is 2.82. The van der Waals surface area contributed by atoms with Crippen molar-refractivity contribution in [2.45, 2.75) is 6.92 Å². The van der Waals surface area contributed by atoms with Gasteiger partial charge in [-0.3, -0.25) is 0 Å². The molecule has 0 aliphatic heterocycles. The fourth-order valence-electron chi connectivity index (χ4n) is 2.82. The third-order valence-corrected chi connectivity index (χ3v) is 3.81.